The van der Waals surface area contributed by atoms with E-state index in [9.17, 15) is 4.39 Å². The molecule has 1 aromatic rings. The quantitative estimate of drug-likeness (QED) is 0.860. The second kappa shape index (κ2) is 5.80. The first kappa shape index (κ1) is 12.9. The molecule has 1 aliphatic heterocycles. The number of benzene rings is 1. The van der Waals surface area contributed by atoms with E-state index in [2.05, 4.69) is 21.2 Å². The molecule has 0 unspecified atom stereocenters. The lowest BCUT2D eigenvalue weighted by molar-refractivity contribution is 0.0766. The average molecular weight is 297 g/mol. The summed E-state index contributed by atoms with van der Waals surface area (Å²) in [6.07, 6.45) is 0. The third-order valence-electron chi connectivity index (χ3n) is 2.28. The highest BCUT2D eigenvalue weighted by Crippen LogP contribution is 2.27. The van der Waals surface area contributed by atoms with Gasteiger partial charge in [0.05, 0.1) is 23.7 Å². The zero-order valence-corrected chi connectivity index (χ0v) is 10.4. The Bertz CT molecular complexity index is 331. The Morgan fingerprint density at radius 1 is 1.47 bits per heavy atom. The average Bonchev–Trinajstić information content (AvgIpc) is 2.23. The van der Waals surface area contributed by atoms with E-state index in [0.29, 0.717) is 11.1 Å². The first-order valence-electron chi connectivity index (χ1n) is 4.54. The van der Waals surface area contributed by atoms with Crippen LogP contribution in [0, 0.1) is 5.82 Å². The Kier molecular flexibility index (Phi) is 4.99. The third-order valence-corrected chi connectivity index (χ3v) is 3.12. The number of halogens is 3. The lowest BCUT2D eigenvalue weighted by Gasteiger charge is -2.25. The fraction of sp³-hybridized carbons (Fsp3) is 0.400. The molecule has 1 heterocycles. The van der Waals surface area contributed by atoms with Crippen LogP contribution in [0.5, 0.6) is 0 Å². The minimum atomic E-state index is -0.227. The van der Waals surface area contributed by atoms with Crippen molar-refractivity contribution < 1.29 is 9.13 Å². The van der Waals surface area contributed by atoms with E-state index in [0.717, 1.165) is 18.7 Å². The number of hydrogen-bond donors (Lipinski definition) is 1. The van der Waals surface area contributed by atoms with Gasteiger partial charge in [-0.1, -0.05) is 12.1 Å². The molecule has 0 aliphatic carbocycles. The van der Waals surface area contributed by atoms with Crippen LogP contribution in [0.15, 0.2) is 22.7 Å². The largest absolute Gasteiger partial charge is 0.378 e. The molecule has 84 valence electrons. The normalized spacial score (nSPS) is 20.8. The number of morpholine rings is 1. The van der Waals surface area contributed by atoms with Crippen molar-refractivity contribution in [2.45, 2.75) is 6.04 Å². The van der Waals surface area contributed by atoms with Gasteiger partial charge in [-0.15, -0.1) is 12.4 Å². The van der Waals surface area contributed by atoms with E-state index in [4.69, 9.17) is 4.74 Å². The Balaban J connectivity index is 0.00000112. The van der Waals surface area contributed by atoms with Crippen LogP contribution in [0.3, 0.4) is 0 Å². The fourth-order valence-electron chi connectivity index (χ4n) is 1.55. The topological polar surface area (TPSA) is 21.3 Å². The van der Waals surface area contributed by atoms with Gasteiger partial charge >= 0.3 is 0 Å². The number of nitrogens with one attached hydrogen (secondary N) is 1. The van der Waals surface area contributed by atoms with Gasteiger partial charge in [0.1, 0.15) is 5.82 Å². The van der Waals surface area contributed by atoms with E-state index >= 15 is 0 Å². The molecule has 5 heteroatoms. The lowest BCUT2D eigenvalue weighted by atomic mass is 10.1. The highest BCUT2D eigenvalue weighted by Gasteiger charge is 2.18. The van der Waals surface area contributed by atoms with Crippen LogP contribution < -0.4 is 5.32 Å². The molecule has 1 N–H and O–H groups in total. The molecule has 1 fully saturated rings. The first-order valence-corrected chi connectivity index (χ1v) is 5.33. The van der Waals surface area contributed by atoms with Gasteiger partial charge < -0.3 is 10.1 Å². The molecule has 0 bridgehead atoms. The minimum Gasteiger partial charge on any atom is -0.378 e. The molecule has 0 spiro atoms. The van der Waals surface area contributed by atoms with Crippen molar-refractivity contribution in [3.63, 3.8) is 0 Å². The standard InChI is InChI=1S/C10H11BrFNO.ClH/c11-10-7(2-1-3-8(10)12)9-6-14-5-4-13-9;/h1-3,9,13H,4-6H2;1H/t9-;/m0./s1. The van der Waals surface area contributed by atoms with E-state index in [-0.39, 0.29) is 24.3 Å². The Morgan fingerprint density at radius 2 is 2.27 bits per heavy atom. The van der Waals surface area contributed by atoms with Gasteiger partial charge in [-0.3, -0.25) is 0 Å². The monoisotopic (exact) mass is 295 g/mol. The van der Waals surface area contributed by atoms with Crippen molar-refractivity contribution >= 4 is 28.3 Å². The summed E-state index contributed by atoms with van der Waals surface area (Å²) in [5, 5.41) is 3.28. The van der Waals surface area contributed by atoms with Crippen molar-refractivity contribution in [2.24, 2.45) is 0 Å². The lowest BCUT2D eigenvalue weighted by Crippen LogP contribution is -2.34. The molecular formula is C10H12BrClFNO. The first-order chi connectivity index (χ1) is 6.79. The van der Waals surface area contributed by atoms with Crippen molar-refractivity contribution in [1.29, 1.82) is 0 Å². The molecule has 2 nitrogen and oxygen atoms in total. The van der Waals surface area contributed by atoms with Crippen LogP contribution in [0.4, 0.5) is 4.39 Å². The molecule has 0 radical (unpaired) electrons. The van der Waals surface area contributed by atoms with Crippen molar-refractivity contribution in [2.75, 3.05) is 19.8 Å². The fourth-order valence-corrected chi connectivity index (χ4v) is 2.10. The highest BCUT2D eigenvalue weighted by molar-refractivity contribution is 9.10. The van der Waals surface area contributed by atoms with Crippen LogP contribution in [0.1, 0.15) is 11.6 Å². The van der Waals surface area contributed by atoms with Gasteiger partial charge in [-0.2, -0.15) is 0 Å². The smallest absolute Gasteiger partial charge is 0.137 e. The van der Waals surface area contributed by atoms with E-state index in [1.165, 1.54) is 6.07 Å². The van der Waals surface area contributed by atoms with E-state index in [1.807, 2.05) is 6.07 Å². The maximum absolute atomic E-state index is 13.2. The van der Waals surface area contributed by atoms with Crippen molar-refractivity contribution in [3.8, 4) is 0 Å². The Labute approximate surface area is 103 Å². The molecular weight excluding hydrogens is 284 g/mol. The summed E-state index contributed by atoms with van der Waals surface area (Å²) in [4.78, 5) is 0. The molecule has 1 atom stereocenters. The Hall–Kier alpha value is -0.160. The minimum absolute atomic E-state index is 0. The summed E-state index contributed by atoms with van der Waals surface area (Å²) in [6.45, 7) is 2.14. The van der Waals surface area contributed by atoms with Crippen molar-refractivity contribution in [3.05, 3.63) is 34.1 Å². The highest BCUT2D eigenvalue weighted by atomic mass is 79.9. The Morgan fingerprint density at radius 3 is 2.93 bits per heavy atom. The molecule has 1 saturated heterocycles. The molecule has 2 rings (SSSR count). The molecule has 0 aromatic heterocycles. The van der Waals surface area contributed by atoms with Gasteiger partial charge in [-0.25, -0.2) is 4.39 Å². The van der Waals surface area contributed by atoms with Gasteiger partial charge in [0, 0.05) is 6.54 Å². The summed E-state index contributed by atoms with van der Waals surface area (Å²) in [6, 6.07) is 5.15. The second-order valence-corrected chi connectivity index (χ2v) is 4.02. The predicted octanol–water partition coefficient (Wildman–Crippen LogP) is 2.67. The summed E-state index contributed by atoms with van der Waals surface area (Å²) in [5.74, 6) is -0.227. The van der Waals surface area contributed by atoms with Crippen LogP contribution >= 0.6 is 28.3 Å². The zero-order chi connectivity index (χ0) is 9.97. The van der Waals surface area contributed by atoms with Crippen LogP contribution in [0.25, 0.3) is 0 Å². The van der Waals surface area contributed by atoms with Gasteiger partial charge in [0.25, 0.3) is 0 Å². The summed E-state index contributed by atoms with van der Waals surface area (Å²) in [5.41, 5.74) is 0.921. The number of rotatable bonds is 1. The predicted molar refractivity (Wildman–Crippen MR) is 62.9 cm³/mol. The van der Waals surface area contributed by atoms with Crippen LogP contribution in [-0.2, 0) is 4.74 Å². The van der Waals surface area contributed by atoms with Gasteiger partial charge in [-0.05, 0) is 27.6 Å². The molecule has 1 aliphatic rings. The summed E-state index contributed by atoms with van der Waals surface area (Å²) in [7, 11) is 0. The maximum Gasteiger partial charge on any atom is 0.137 e. The van der Waals surface area contributed by atoms with Crippen LogP contribution in [0.2, 0.25) is 0 Å². The zero-order valence-electron chi connectivity index (χ0n) is 8.00. The summed E-state index contributed by atoms with van der Waals surface area (Å²) >= 11 is 3.25. The van der Waals surface area contributed by atoms with Crippen LogP contribution in [-0.4, -0.2) is 19.8 Å². The third kappa shape index (κ3) is 2.91. The number of ether oxygens (including phenoxy) is 1. The van der Waals surface area contributed by atoms with Gasteiger partial charge in [0.2, 0.25) is 0 Å². The van der Waals surface area contributed by atoms with Gasteiger partial charge in [0.15, 0.2) is 0 Å². The van der Waals surface area contributed by atoms with Crippen molar-refractivity contribution in [1.82, 2.24) is 5.32 Å². The molecule has 0 amide bonds. The maximum atomic E-state index is 13.2. The molecule has 0 saturated carbocycles. The van der Waals surface area contributed by atoms with E-state index < -0.39 is 0 Å². The van der Waals surface area contributed by atoms with E-state index in [1.54, 1.807) is 6.07 Å². The second-order valence-electron chi connectivity index (χ2n) is 3.22. The molecule has 1 aromatic carbocycles. The SMILES string of the molecule is Cl.Fc1cccc([C@@H]2COCCN2)c1Br. The molecule has 15 heavy (non-hydrogen) atoms. The number of hydrogen-bond acceptors (Lipinski definition) is 2. The summed E-state index contributed by atoms with van der Waals surface area (Å²) < 4.78 is 19.1.